The van der Waals surface area contributed by atoms with Crippen molar-refractivity contribution in [2.45, 2.75) is 38.6 Å². The van der Waals surface area contributed by atoms with Crippen LogP contribution in [0.1, 0.15) is 54.7 Å². The molecule has 9 nitrogen and oxygen atoms in total. The summed E-state index contributed by atoms with van der Waals surface area (Å²) >= 11 is 0. The lowest BCUT2D eigenvalue weighted by Crippen LogP contribution is -2.39. The van der Waals surface area contributed by atoms with Crippen LogP contribution in [-0.2, 0) is 0 Å². The van der Waals surface area contributed by atoms with Gasteiger partial charge in [0.2, 0.25) is 0 Å². The second-order valence-corrected chi connectivity index (χ2v) is 8.70. The molecule has 0 N–H and O–H groups in total. The molecule has 0 bridgehead atoms. The summed E-state index contributed by atoms with van der Waals surface area (Å²) < 4.78 is 9.81. The number of anilines is 1. The van der Waals surface area contributed by atoms with E-state index < -0.39 is 0 Å². The van der Waals surface area contributed by atoms with Crippen molar-refractivity contribution in [3.05, 3.63) is 66.5 Å². The molecule has 4 aromatic rings. The average Bonchev–Trinajstić information content (AvgIpc) is 3.34. The van der Waals surface area contributed by atoms with E-state index >= 15 is 0 Å². The predicted octanol–water partition coefficient (Wildman–Crippen LogP) is 3.98. The van der Waals surface area contributed by atoms with Crippen molar-refractivity contribution in [1.29, 1.82) is 0 Å². The fourth-order valence-corrected chi connectivity index (χ4v) is 4.05. The summed E-state index contributed by atoms with van der Waals surface area (Å²) in [6.45, 7) is 4.21. The zero-order chi connectivity index (χ0) is 22.5. The summed E-state index contributed by atoms with van der Waals surface area (Å²) in [5.41, 5.74) is 3.13. The summed E-state index contributed by atoms with van der Waals surface area (Å²) in [4.78, 5) is 24.2. The third-order valence-electron chi connectivity index (χ3n) is 6.05. The van der Waals surface area contributed by atoms with Crippen molar-refractivity contribution < 1.29 is 9.53 Å². The van der Waals surface area contributed by atoms with Gasteiger partial charge in [-0.3, -0.25) is 9.69 Å². The number of ether oxygens (including phenoxy) is 1. The second kappa shape index (κ2) is 7.54. The molecule has 0 radical (unpaired) electrons. The van der Waals surface area contributed by atoms with E-state index in [2.05, 4.69) is 29.0 Å². The first-order valence-electron chi connectivity index (χ1n) is 11.1. The maximum absolute atomic E-state index is 13.4. The smallest absolute Gasteiger partial charge is 0.266 e. The van der Waals surface area contributed by atoms with Gasteiger partial charge < -0.3 is 13.9 Å². The van der Waals surface area contributed by atoms with E-state index in [9.17, 15) is 4.79 Å². The lowest BCUT2D eigenvalue weighted by atomic mass is 10.1. The van der Waals surface area contributed by atoms with Crippen molar-refractivity contribution in [2.24, 2.45) is 0 Å². The van der Waals surface area contributed by atoms with Crippen LogP contribution >= 0.6 is 0 Å². The molecule has 3 aromatic heterocycles. The van der Waals surface area contributed by atoms with Crippen LogP contribution in [0, 0.1) is 0 Å². The van der Waals surface area contributed by atoms with Crippen LogP contribution in [0.5, 0.6) is 5.75 Å². The van der Waals surface area contributed by atoms with E-state index in [0.717, 1.165) is 11.4 Å². The molecule has 1 aliphatic carbocycles. The topological polar surface area (TPSA) is 91.0 Å². The molecule has 1 saturated carbocycles. The number of hydrogen-bond acceptors (Lipinski definition) is 6. The number of nitrogens with zero attached hydrogens (tertiary/aromatic N) is 7. The third-order valence-corrected chi connectivity index (χ3v) is 6.05. The first-order valence-corrected chi connectivity index (χ1v) is 11.1. The van der Waals surface area contributed by atoms with E-state index in [1.54, 1.807) is 18.7 Å². The molecule has 0 atom stereocenters. The zero-order valence-corrected chi connectivity index (χ0v) is 18.4. The number of carbonyl (C=O) groups is 1. The summed E-state index contributed by atoms with van der Waals surface area (Å²) in [5.74, 6) is 2.15. The largest absolute Gasteiger partial charge is 0.472 e. The lowest BCUT2D eigenvalue weighted by molar-refractivity contribution is 0.0936. The molecule has 33 heavy (non-hydrogen) atoms. The van der Waals surface area contributed by atoms with Gasteiger partial charge in [0.15, 0.2) is 12.6 Å². The van der Waals surface area contributed by atoms with Crippen molar-refractivity contribution in [2.75, 3.05) is 11.6 Å². The second-order valence-electron chi connectivity index (χ2n) is 8.70. The molecule has 2 aliphatic rings. The van der Waals surface area contributed by atoms with Gasteiger partial charge >= 0.3 is 0 Å². The van der Waals surface area contributed by atoms with Gasteiger partial charge in [-0.05, 0) is 57.0 Å². The van der Waals surface area contributed by atoms with Crippen molar-refractivity contribution in [1.82, 2.24) is 29.3 Å². The van der Waals surface area contributed by atoms with Crippen LogP contribution in [0.2, 0.25) is 0 Å². The molecule has 1 aliphatic heterocycles. The van der Waals surface area contributed by atoms with E-state index in [1.807, 2.05) is 45.7 Å². The maximum Gasteiger partial charge on any atom is 0.266 e. The highest BCUT2D eigenvalue weighted by Crippen LogP contribution is 2.39. The summed E-state index contributed by atoms with van der Waals surface area (Å²) in [7, 11) is 0. The summed E-state index contributed by atoms with van der Waals surface area (Å²) in [6.07, 6.45) is 7.93. The van der Waals surface area contributed by atoms with Crippen LogP contribution in [-0.4, -0.2) is 41.9 Å². The number of imidazole rings is 1. The Morgan fingerprint density at radius 3 is 2.82 bits per heavy atom. The SMILES string of the molecule is CC(C)n1cnnc1-c1cccc(N2COc3ccc(-n4cnc(C5CC5)c4)cc3C2=O)n1. The third kappa shape index (κ3) is 3.45. The normalized spacial score (nSPS) is 15.6. The minimum absolute atomic E-state index is 0.0927. The monoisotopic (exact) mass is 441 g/mol. The van der Waals surface area contributed by atoms with Gasteiger partial charge in [0.1, 0.15) is 23.6 Å². The Bertz CT molecular complexity index is 1350. The molecule has 1 amide bonds. The Balaban J connectivity index is 1.32. The Labute approximate surface area is 190 Å². The van der Waals surface area contributed by atoms with Crippen molar-refractivity contribution >= 4 is 11.7 Å². The maximum atomic E-state index is 13.4. The zero-order valence-electron chi connectivity index (χ0n) is 18.4. The van der Waals surface area contributed by atoms with E-state index in [1.165, 1.54) is 17.7 Å². The predicted molar refractivity (Wildman–Crippen MR) is 121 cm³/mol. The number of rotatable bonds is 5. The number of amides is 1. The molecule has 9 heteroatoms. The molecule has 6 rings (SSSR count). The Kier molecular flexibility index (Phi) is 4.49. The number of fused-ring (bicyclic) bond motifs is 1. The van der Waals surface area contributed by atoms with Gasteiger partial charge in [-0.2, -0.15) is 0 Å². The highest BCUT2D eigenvalue weighted by atomic mass is 16.5. The summed E-state index contributed by atoms with van der Waals surface area (Å²) in [5, 5.41) is 8.24. The first kappa shape index (κ1) is 19.7. The van der Waals surface area contributed by atoms with Crippen LogP contribution < -0.4 is 9.64 Å². The number of carbonyl (C=O) groups excluding carboxylic acids is 1. The molecule has 0 spiro atoms. The minimum atomic E-state index is -0.157. The molecule has 0 saturated heterocycles. The highest BCUT2D eigenvalue weighted by molar-refractivity contribution is 6.08. The van der Waals surface area contributed by atoms with Crippen molar-refractivity contribution in [3.63, 3.8) is 0 Å². The number of hydrogen-bond donors (Lipinski definition) is 0. The van der Waals surface area contributed by atoms with E-state index in [0.29, 0.717) is 34.6 Å². The number of aromatic nitrogens is 6. The number of benzene rings is 1. The Hall–Kier alpha value is -4.01. The fraction of sp³-hybridized carbons (Fsp3) is 0.292. The standard InChI is InChI=1S/C24H23N7O2/c1-15(2)30-13-26-28-23(30)19-4-3-5-22(27-19)31-14-33-21-9-8-17(10-18(21)24(31)32)29-11-20(25-12-29)16-6-7-16/h3-5,8-13,15-16H,6-7,14H2,1-2H3. The van der Waals surface area contributed by atoms with Gasteiger partial charge in [0, 0.05) is 23.8 Å². The molecule has 166 valence electrons. The minimum Gasteiger partial charge on any atom is -0.472 e. The van der Waals surface area contributed by atoms with E-state index in [4.69, 9.17) is 9.72 Å². The van der Waals surface area contributed by atoms with Crippen LogP contribution in [0.3, 0.4) is 0 Å². The van der Waals surface area contributed by atoms with Crippen molar-refractivity contribution in [3.8, 4) is 23.0 Å². The van der Waals surface area contributed by atoms with Gasteiger partial charge in [-0.1, -0.05) is 6.07 Å². The van der Waals surface area contributed by atoms with Gasteiger partial charge in [0.25, 0.3) is 5.91 Å². The molecule has 4 heterocycles. The molecular weight excluding hydrogens is 418 g/mol. The fourth-order valence-electron chi connectivity index (χ4n) is 4.05. The number of pyridine rings is 1. The Morgan fingerprint density at radius 2 is 2.00 bits per heavy atom. The summed E-state index contributed by atoms with van der Waals surface area (Å²) in [6, 6.07) is 11.3. The van der Waals surface area contributed by atoms with Crippen LogP contribution in [0.15, 0.2) is 55.2 Å². The van der Waals surface area contributed by atoms with Gasteiger partial charge in [-0.15, -0.1) is 10.2 Å². The van der Waals surface area contributed by atoms with Crippen LogP contribution in [0.25, 0.3) is 17.2 Å². The van der Waals surface area contributed by atoms with Gasteiger partial charge in [-0.25, -0.2) is 9.97 Å². The van der Waals surface area contributed by atoms with Gasteiger partial charge in [0.05, 0.1) is 17.6 Å². The highest BCUT2D eigenvalue weighted by Gasteiger charge is 2.29. The average molecular weight is 441 g/mol. The molecule has 1 fully saturated rings. The van der Waals surface area contributed by atoms with E-state index in [-0.39, 0.29) is 18.7 Å². The Morgan fingerprint density at radius 1 is 1.12 bits per heavy atom. The van der Waals surface area contributed by atoms with Crippen LogP contribution in [0.4, 0.5) is 5.82 Å². The molecular formula is C24H23N7O2. The quantitative estimate of drug-likeness (QED) is 0.465. The lowest BCUT2D eigenvalue weighted by Gasteiger charge is -2.28. The molecule has 0 unspecified atom stereocenters. The molecule has 1 aromatic carbocycles. The first-order chi connectivity index (χ1) is 16.1.